The Balaban J connectivity index is 1.49. The highest BCUT2D eigenvalue weighted by molar-refractivity contribution is 5.26. The molecule has 1 aromatic rings. The molecule has 2 fully saturated rings. The molecule has 1 nitrogen and oxygen atoms in total. The van der Waals surface area contributed by atoms with E-state index in [1.54, 1.807) is 12.1 Å². The maximum Gasteiger partial charge on any atom is 0.393 e. The van der Waals surface area contributed by atoms with Gasteiger partial charge >= 0.3 is 6.18 Å². The Kier molecular flexibility index (Phi) is 6.08. The van der Waals surface area contributed by atoms with Crippen molar-refractivity contribution in [3.8, 4) is 0 Å². The lowest BCUT2D eigenvalue weighted by Gasteiger charge is -2.37. The smallest absolute Gasteiger partial charge is 0.381 e. The summed E-state index contributed by atoms with van der Waals surface area (Å²) in [4.78, 5) is 0. The third-order valence-corrected chi connectivity index (χ3v) is 6.35. The van der Waals surface area contributed by atoms with Gasteiger partial charge in [-0.15, -0.1) is 0 Å². The lowest BCUT2D eigenvalue weighted by Crippen LogP contribution is -2.27. The number of halogens is 3. The molecule has 3 rings (SSSR count). The van der Waals surface area contributed by atoms with Crippen LogP contribution in [0.15, 0.2) is 24.3 Å². The summed E-state index contributed by atoms with van der Waals surface area (Å²) in [5.41, 5.74) is 1.58. The van der Waals surface area contributed by atoms with Crippen molar-refractivity contribution in [1.82, 2.24) is 0 Å². The molecule has 0 aromatic heterocycles. The number of rotatable bonds is 4. The summed E-state index contributed by atoms with van der Waals surface area (Å²) >= 11 is 0. The second-order valence-corrected chi connectivity index (χ2v) is 7.92. The molecule has 0 amide bonds. The van der Waals surface area contributed by atoms with Crippen LogP contribution in [0.1, 0.15) is 68.4 Å². The van der Waals surface area contributed by atoms with Crippen molar-refractivity contribution in [3.63, 3.8) is 0 Å². The van der Waals surface area contributed by atoms with Gasteiger partial charge in [-0.2, -0.15) is 13.2 Å². The third-order valence-electron chi connectivity index (χ3n) is 6.35. The van der Waals surface area contributed by atoms with E-state index >= 15 is 0 Å². The first-order chi connectivity index (χ1) is 11.9. The predicted molar refractivity (Wildman–Crippen MR) is 93.7 cm³/mol. The van der Waals surface area contributed by atoms with Crippen molar-refractivity contribution in [1.29, 1.82) is 0 Å². The van der Waals surface area contributed by atoms with Crippen molar-refractivity contribution >= 4 is 0 Å². The maximum absolute atomic E-state index is 12.5. The summed E-state index contributed by atoms with van der Waals surface area (Å²) in [7, 11) is 1.82. The van der Waals surface area contributed by atoms with Crippen LogP contribution in [0, 0.1) is 11.8 Å². The van der Waals surface area contributed by atoms with E-state index in [2.05, 4.69) is 0 Å². The fraction of sp³-hybridized carbons (Fsp3) is 0.714. The van der Waals surface area contributed by atoms with Gasteiger partial charge in [0.05, 0.1) is 12.5 Å². The largest absolute Gasteiger partial charge is 0.393 e. The number of benzene rings is 1. The fourth-order valence-electron chi connectivity index (χ4n) is 4.86. The average molecular weight is 354 g/mol. The van der Waals surface area contributed by atoms with Gasteiger partial charge in [-0.1, -0.05) is 24.3 Å². The molecule has 1 aromatic carbocycles. The fourth-order valence-corrected chi connectivity index (χ4v) is 4.86. The summed E-state index contributed by atoms with van der Waals surface area (Å²) in [6.07, 6.45) is 5.35. The molecule has 140 valence electrons. The molecule has 0 atom stereocenters. The van der Waals surface area contributed by atoms with Crippen molar-refractivity contribution in [2.24, 2.45) is 11.8 Å². The van der Waals surface area contributed by atoms with Crippen molar-refractivity contribution in [2.45, 2.75) is 76.0 Å². The van der Waals surface area contributed by atoms with Crippen LogP contribution in [-0.4, -0.2) is 19.4 Å². The highest BCUT2D eigenvalue weighted by Crippen LogP contribution is 2.43. The molecule has 2 aliphatic rings. The lowest BCUT2D eigenvalue weighted by atomic mass is 9.69. The van der Waals surface area contributed by atoms with Crippen LogP contribution < -0.4 is 0 Å². The minimum Gasteiger partial charge on any atom is -0.381 e. The lowest BCUT2D eigenvalue weighted by molar-refractivity contribution is -0.127. The molecular weight excluding hydrogens is 325 g/mol. The van der Waals surface area contributed by atoms with Crippen LogP contribution in [-0.2, 0) is 11.2 Å². The Morgan fingerprint density at radius 3 is 1.84 bits per heavy atom. The predicted octanol–water partition coefficient (Wildman–Crippen LogP) is 6.27. The minimum absolute atomic E-state index is 0.361. The number of methoxy groups -OCH3 is 1. The first-order valence-corrected chi connectivity index (χ1v) is 9.63. The first kappa shape index (κ1) is 18.8. The molecule has 25 heavy (non-hydrogen) atoms. The summed E-state index contributed by atoms with van der Waals surface area (Å²) < 4.78 is 42.8. The van der Waals surface area contributed by atoms with Gasteiger partial charge in [0.2, 0.25) is 0 Å². The topological polar surface area (TPSA) is 9.23 Å². The molecule has 0 aliphatic heterocycles. The quantitative estimate of drug-likeness (QED) is 0.619. The monoisotopic (exact) mass is 354 g/mol. The molecular formula is C21H29F3O. The van der Waals surface area contributed by atoms with Gasteiger partial charge in [0.25, 0.3) is 0 Å². The summed E-state index contributed by atoms with van der Waals surface area (Å²) in [6, 6.07) is 7.13. The van der Waals surface area contributed by atoms with Crippen LogP contribution in [0.3, 0.4) is 0 Å². The van der Waals surface area contributed by atoms with Gasteiger partial charge in [-0.25, -0.2) is 0 Å². The number of hydrogen-bond donors (Lipinski definition) is 0. The van der Waals surface area contributed by atoms with E-state index in [0.29, 0.717) is 17.6 Å². The van der Waals surface area contributed by atoms with Crippen LogP contribution in [0.4, 0.5) is 13.2 Å². The Morgan fingerprint density at radius 2 is 1.36 bits per heavy atom. The number of ether oxygens (including phenoxy) is 1. The van der Waals surface area contributed by atoms with Gasteiger partial charge in [0, 0.05) is 7.11 Å². The van der Waals surface area contributed by atoms with E-state index in [0.717, 1.165) is 11.8 Å². The average Bonchev–Trinajstić information content (AvgIpc) is 2.61. The van der Waals surface area contributed by atoms with Crippen LogP contribution in [0.5, 0.6) is 0 Å². The molecule has 0 saturated heterocycles. The molecule has 0 N–H and O–H groups in total. The van der Waals surface area contributed by atoms with Gasteiger partial charge in [-0.3, -0.25) is 0 Å². The van der Waals surface area contributed by atoms with E-state index in [1.165, 1.54) is 56.9 Å². The molecule has 0 spiro atoms. The zero-order valence-corrected chi connectivity index (χ0v) is 15.0. The van der Waals surface area contributed by atoms with E-state index < -0.39 is 12.6 Å². The zero-order valence-electron chi connectivity index (χ0n) is 15.0. The highest BCUT2D eigenvalue weighted by atomic mass is 19.4. The Bertz CT molecular complexity index is 521. The Morgan fingerprint density at radius 1 is 0.840 bits per heavy atom. The van der Waals surface area contributed by atoms with Crippen molar-refractivity contribution in [2.75, 3.05) is 7.11 Å². The third kappa shape index (κ3) is 5.22. The molecule has 2 saturated carbocycles. The first-order valence-electron chi connectivity index (χ1n) is 9.63. The Labute approximate surface area is 149 Å². The maximum atomic E-state index is 12.5. The summed E-state index contributed by atoms with van der Waals surface area (Å²) in [5, 5.41) is 0. The molecule has 0 heterocycles. The Hall–Kier alpha value is -1.03. The van der Waals surface area contributed by atoms with Crippen LogP contribution in [0.25, 0.3) is 0 Å². The SMILES string of the molecule is CO[C@H]1CC[C@H](C2CCC(c3ccc(CC(F)(F)F)cc3)CC2)CC1. The molecule has 0 unspecified atom stereocenters. The highest BCUT2D eigenvalue weighted by Gasteiger charge is 2.31. The van der Waals surface area contributed by atoms with Crippen molar-refractivity contribution < 1.29 is 17.9 Å². The van der Waals surface area contributed by atoms with E-state index in [-0.39, 0.29) is 0 Å². The molecule has 0 radical (unpaired) electrons. The zero-order chi connectivity index (χ0) is 17.9. The summed E-state index contributed by atoms with van der Waals surface area (Å²) in [5.74, 6) is 2.20. The van der Waals surface area contributed by atoms with E-state index in [1.807, 2.05) is 19.2 Å². The minimum atomic E-state index is -4.12. The van der Waals surface area contributed by atoms with E-state index in [4.69, 9.17) is 4.74 Å². The number of hydrogen-bond acceptors (Lipinski definition) is 1. The standard InChI is InChI=1S/C21H29F3O/c1-25-20-12-10-19(11-13-20)18-8-6-17(7-9-18)16-4-2-15(3-5-16)14-21(22,23)24/h2-5,17-20H,6-14H2,1H3/t17?,18?,19-,20-. The molecule has 2 aliphatic carbocycles. The molecule has 4 heteroatoms. The molecule has 0 bridgehead atoms. The van der Waals surface area contributed by atoms with Gasteiger partial charge in [0.15, 0.2) is 0 Å². The van der Waals surface area contributed by atoms with Gasteiger partial charge in [0.1, 0.15) is 0 Å². The normalized spacial score (nSPS) is 31.0. The number of alkyl halides is 3. The van der Waals surface area contributed by atoms with Crippen LogP contribution in [0.2, 0.25) is 0 Å². The summed E-state index contributed by atoms with van der Waals surface area (Å²) in [6.45, 7) is 0. The van der Waals surface area contributed by atoms with Crippen molar-refractivity contribution in [3.05, 3.63) is 35.4 Å². The van der Waals surface area contributed by atoms with Gasteiger partial charge in [-0.05, 0) is 80.2 Å². The van der Waals surface area contributed by atoms with Gasteiger partial charge < -0.3 is 4.74 Å². The second-order valence-electron chi connectivity index (χ2n) is 7.92. The van der Waals surface area contributed by atoms with Crippen LogP contribution >= 0.6 is 0 Å². The second kappa shape index (κ2) is 8.11. The van der Waals surface area contributed by atoms with E-state index in [9.17, 15) is 13.2 Å².